The maximum Gasteiger partial charge on any atom is 0.325 e. The van der Waals surface area contributed by atoms with Gasteiger partial charge in [0.2, 0.25) is 6.41 Å². The predicted octanol–water partition coefficient (Wildman–Crippen LogP) is 1.10. The third-order valence-corrected chi connectivity index (χ3v) is 2.02. The Morgan fingerprint density at radius 1 is 1.35 bits per heavy atom. The number of halogens is 2. The summed E-state index contributed by atoms with van der Waals surface area (Å²) in [7, 11) is 1.19. The Kier molecular flexibility index (Phi) is 4.56. The molecule has 6 heteroatoms. The van der Waals surface area contributed by atoms with Crippen molar-refractivity contribution >= 4 is 12.4 Å². The number of methoxy groups -OCH3 is 1. The van der Waals surface area contributed by atoms with Crippen LogP contribution >= 0.6 is 0 Å². The number of carbonyl (C=O) groups excluding carboxylic acids is 2. The molecule has 4 nitrogen and oxygen atoms in total. The third-order valence-electron chi connectivity index (χ3n) is 2.02. The highest BCUT2D eigenvalue weighted by molar-refractivity contribution is 5.73. The molecule has 1 rings (SSSR count). The summed E-state index contributed by atoms with van der Waals surface area (Å²) in [6, 6.07) is 2.92. The van der Waals surface area contributed by atoms with Crippen LogP contribution < -0.4 is 0 Å². The molecule has 0 saturated heterocycles. The van der Waals surface area contributed by atoms with Crippen LogP contribution in [0.5, 0.6) is 0 Å². The molecule has 0 heterocycles. The molecule has 0 atom stereocenters. The van der Waals surface area contributed by atoms with Gasteiger partial charge in [0.05, 0.1) is 7.11 Å². The molecule has 1 amide bonds. The van der Waals surface area contributed by atoms with Gasteiger partial charge in [0.15, 0.2) is 0 Å². The molecule has 0 aliphatic carbocycles. The van der Waals surface area contributed by atoms with Gasteiger partial charge in [-0.15, -0.1) is 0 Å². The number of hydrogen-bond acceptors (Lipinski definition) is 3. The fraction of sp³-hybridized carbons (Fsp3) is 0.273. The molecule has 1 aromatic rings. The lowest BCUT2D eigenvalue weighted by Crippen LogP contribution is -2.28. The number of ether oxygens (including phenoxy) is 1. The lowest BCUT2D eigenvalue weighted by molar-refractivity contribution is -0.144. The van der Waals surface area contributed by atoms with Crippen LogP contribution in [0.15, 0.2) is 18.2 Å². The Balaban J connectivity index is 2.73. The smallest absolute Gasteiger partial charge is 0.325 e. The van der Waals surface area contributed by atoms with Crippen molar-refractivity contribution in [2.45, 2.75) is 6.54 Å². The van der Waals surface area contributed by atoms with Crippen LogP contribution in [0.3, 0.4) is 0 Å². The molecule has 17 heavy (non-hydrogen) atoms. The standard InChI is InChI=1S/C11H11F2NO3/c1-17-11(16)6-14(7-15)5-8-2-9(12)4-10(13)3-8/h2-4,7H,5-6H2,1H3. The fourth-order valence-electron chi connectivity index (χ4n) is 1.30. The van der Waals surface area contributed by atoms with E-state index in [1.54, 1.807) is 0 Å². The summed E-state index contributed by atoms with van der Waals surface area (Å²) in [5.74, 6) is -2.07. The van der Waals surface area contributed by atoms with Crippen LogP contribution in [-0.4, -0.2) is 30.9 Å². The van der Waals surface area contributed by atoms with Gasteiger partial charge in [0.25, 0.3) is 0 Å². The Morgan fingerprint density at radius 2 is 1.94 bits per heavy atom. The van der Waals surface area contributed by atoms with Gasteiger partial charge in [-0.25, -0.2) is 8.78 Å². The first-order valence-corrected chi connectivity index (χ1v) is 4.76. The summed E-state index contributed by atoms with van der Waals surface area (Å²) >= 11 is 0. The summed E-state index contributed by atoms with van der Waals surface area (Å²) in [6.45, 7) is -0.328. The summed E-state index contributed by atoms with van der Waals surface area (Å²) in [5.41, 5.74) is 0.263. The molecule has 92 valence electrons. The first-order valence-electron chi connectivity index (χ1n) is 4.76. The maximum absolute atomic E-state index is 12.9. The van der Waals surface area contributed by atoms with E-state index in [2.05, 4.69) is 4.74 Å². The molecule has 1 aromatic carbocycles. The summed E-state index contributed by atoms with van der Waals surface area (Å²) in [4.78, 5) is 22.7. The molecule has 0 spiro atoms. The molecule has 0 N–H and O–H groups in total. The highest BCUT2D eigenvalue weighted by Crippen LogP contribution is 2.09. The van der Waals surface area contributed by atoms with Gasteiger partial charge in [-0.1, -0.05) is 0 Å². The first kappa shape index (κ1) is 13.1. The second-order valence-corrected chi connectivity index (χ2v) is 3.36. The van der Waals surface area contributed by atoms with Crippen LogP contribution in [0.25, 0.3) is 0 Å². The quantitative estimate of drug-likeness (QED) is 0.574. The molecule has 0 radical (unpaired) electrons. The number of benzene rings is 1. The predicted molar refractivity (Wildman–Crippen MR) is 54.8 cm³/mol. The minimum absolute atomic E-state index is 0.0622. The van der Waals surface area contributed by atoms with Crippen molar-refractivity contribution in [3.8, 4) is 0 Å². The third kappa shape index (κ3) is 4.18. The average molecular weight is 243 g/mol. The molecule has 0 unspecified atom stereocenters. The highest BCUT2D eigenvalue weighted by Gasteiger charge is 2.10. The molecule has 0 fully saturated rings. The van der Waals surface area contributed by atoms with E-state index >= 15 is 0 Å². The lowest BCUT2D eigenvalue weighted by atomic mass is 10.2. The van der Waals surface area contributed by atoms with E-state index in [1.165, 1.54) is 7.11 Å². The van der Waals surface area contributed by atoms with E-state index in [9.17, 15) is 18.4 Å². The zero-order valence-electron chi connectivity index (χ0n) is 9.15. The van der Waals surface area contributed by atoms with Crippen molar-refractivity contribution < 1.29 is 23.1 Å². The first-order chi connectivity index (χ1) is 8.05. The molecule has 0 aromatic heterocycles. The minimum atomic E-state index is -0.732. The molecule has 0 saturated carbocycles. The van der Waals surface area contributed by atoms with Crippen LogP contribution in [-0.2, 0) is 20.9 Å². The molecule has 0 bridgehead atoms. The molecule has 0 aliphatic heterocycles. The topological polar surface area (TPSA) is 46.6 Å². The number of amides is 1. The Morgan fingerprint density at radius 3 is 2.41 bits per heavy atom. The molecular formula is C11H11F2NO3. The van der Waals surface area contributed by atoms with Gasteiger partial charge in [0.1, 0.15) is 18.2 Å². The van der Waals surface area contributed by atoms with Crippen molar-refractivity contribution in [1.82, 2.24) is 4.90 Å². The normalized spacial score (nSPS) is 9.82. The largest absolute Gasteiger partial charge is 0.468 e. The van der Waals surface area contributed by atoms with E-state index in [0.29, 0.717) is 6.41 Å². The SMILES string of the molecule is COC(=O)CN(C=O)Cc1cc(F)cc(F)c1. The van der Waals surface area contributed by atoms with Crippen molar-refractivity contribution in [2.24, 2.45) is 0 Å². The zero-order chi connectivity index (χ0) is 12.8. The van der Waals surface area contributed by atoms with Gasteiger partial charge < -0.3 is 9.64 Å². The maximum atomic E-state index is 12.9. The van der Waals surface area contributed by atoms with Gasteiger partial charge in [-0.05, 0) is 17.7 Å². The van der Waals surface area contributed by atoms with Crippen LogP contribution in [0.2, 0.25) is 0 Å². The summed E-state index contributed by atoms with van der Waals surface area (Å²) < 4.78 is 30.1. The highest BCUT2D eigenvalue weighted by atomic mass is 19.1. The van der Waals surface area contributed by atoms with E-state index < -0.39 is 17.6 Å². The second kappa shape index (κ2) is 5.93. The average Bonchev–Trinajstić information content (AvgIpc) is 2.26. The number of rotatable bonds is 5. The number of hydrogen-bond donors (Lipinski definition) is 0. The summed E-state index contributed by atoms with van der Waals surface area (Å²) in [5, 5.41) is 0. The summed E-state index contributed by atoms with van der Waals surface area (Å²) in [6.07, 6.45) is 0.416. The minimum Gasteiger partial charge on any atom is -0.468 e. The Bertz CT molecular complexity index is 403. The van der Waals surface area contributed by atoms with Crippen LogP contribution in [0.4, 0.5) is 8.78 Å². The lowest BCUT2D eigenvalue weighted by Gasteiger charge is -2.15. The van der Waals surface area contributed by atoms with Crippen molar-refractivity contribution in [1.29, 1.82) is 0 Å². The monoisotopic (exact) mass is 243 g/mol. The van der Waals surface area contributed by atoms with E-state index in [0.717, 1.165) is 23.1 Å². The van der Waals surface area contributed by atoms with Gasteiger partial charge >= 0.3 is 5.97 Å². The van der Waals surface area contributed by atoms with Gasteiger partial charge in [0, 0.05) is 12.6 Å². The number of nitrogens with zero attached hydrogens (tertiary/aromatic N) is 1. The molecule has 0 aliphatic rings. The van der Waals surface area contributed by atoms with Crippen LogP contribution in [0, 0.1) is 11.6 Å². The van der Waals surface area contributed by atoms with Gasteiger partial charge in [-0.2, -0.15) is 0 Å². The van der Waals surface area contributed by atoms with E-state index in [1.807, 2.05) is 0 Å². The van der Waals surface area contributed by atoms with Crippen molar-refractivity contribution in [3.63, 3.8) is 0 Å². The van der Waals surface area contributed by atoms with Crippen molar-refractivity contribution in [3.05, 3.63) is 35.4 Å². The molecular weight excluding hydrogens is 232 g/mol. The zero-order valence-corrected chi connectivity index (χ0v) is 9.15. The fourth-order valence-corrected chi connectivity index (χ4v) is 1.30. The van der Waals surface area contributed by atoms with Crippen LogP contribution in [0.1, 0.15) is 5.56 Å². The van der Waals surface area contributed by atoms with Crippen molar-refractivity contribution in [2.75, 3.05) is 13.7 Å². The second-order valence-electron chi connectivity index (χ2n) is 3.36. The van der Waals surface area contributed by atoms with E-state index in [4.69, 9.17) is 0 Å². The Labute approximate surface area is 96.8 Å². The number of esters is 1. The number of carbonyl (C=O) groups is 2. The van der Waals surface area contributed by atoms with Gasteiger partial charge in [-0.3, -0.25) is 9.59 Å². The van der Waals surface area contributed by atoms with E-state index in [-0.39, 0.29) is 18.7 Å². The Hall–Kier alpha value is -1.98.